The molecule has 1 unspecified atom stereocenters. The van der Waals surface area contributed by atoms with Gasteiger partial charge in [0.2, 0.25) is 5.91 Å². The Balaban J connectivity index is 1.62. The highest BCUT2D eigenvalue weighted by Gasteiger charge is 2.13. The van der Waals surface area contributed by atoms with Crippen molar-refractivity contribution in [1.29, 1.82) is 0 Å². The molecule has 1 aliphatic rings. The molecule has 1 atom stereocenters. The molecule has 1 aromatic rings. The topological polar surface area (TPSA) is 41.1 Å². The highest BCUT2D eigenvalue weighted by molar-refractivity contribution is 7.99. The van der Waals surface area contributed by atoms with Gasteiger partial charge < -0.3 is 10.6 Å². The van der Waals surface area contributed by atoms with Crippen molar-refractivity contribution in [3.05, 3.63) is 30.3 Å². The Morgan fingerprint density at radius 2 is 2.11 bits per heavy atom. The molecule has 2 rings (SSSR count). The summed E-state index contributed by atoms with van der Waals surface area (Å²) >= 11 is 2.02. The van der Waals surface area contributed by atoms with Crippen molar-refractivity contribution in [1.82, 2.24) is 5.32 Å². The number of benzene rings is 1. The van der Waals surface area contributed by atoms with Gasteiger partial charge in [0.15, 0.2) is 0 Å². The summed E-state index contributed by atoms with van der Waals surface area (Å²) in [5.41, 5.74) is 0.858. The zero-order valence-corrected chi connectivity index (χ0v) is 11.3. The van der Waals surface area contributed by atoms with Crippen LogP contribution in [0.3, 0.4) is 0 Å². The van der Waals surface area contributed by atoms with Gasteiger partial charge in [-0.15, -0.1) is 0 Å². The van der Waals surface area contributed by atoms with Gasteiger partial charge in [0.05, 0.1) is 6.54 Å². The zero-order valence-electron chi connectivity index (χ0n) is 10.5. The minimum absolute atomic E-state index is 0.0296. The van der Waals surface area contributed by atoms with Crippen molar-refractivity contribution in [3.63, 3.8) is 0 Å². The number of anilines is 1. The molecule has 0 spiro atoms. The maximum atomic E-state index is 11.7. The van der Waals surface area contributed by atoms with E-state index in [1.54, 1.807) is 0 Å². The van der Waals surface area contributed by atoms with Gasteiger partial charge in [-0.1, -0.05) is 24.6 Å². The molecular weight excluding hydrogens is 244 g/mol. The number of hydrogen-bond acceptors (Lipinski definition) is 3. The van der Waals surface area contributed by atoms with Gasteiger partial charge in [-0.2, -0.15) is 11.8 Å². The van der Waals surface area contributed by atoms with Crippen LogP contribution in [0.4, 0.5) is 5.69 Å². The summed E-state index contributed by atoms with van der Waals surface area (Å²) < 4.78 is 0. The lowest BCUT2D eigenvalue weighted by Crippen LogP contribution is -2.33. The third-order valence-corrected chi connectivity index (χ3v) is 4.39. The maximum Gasteiger partial charge on any atom is 0.238 e. The van der Waals surface area contributed by atoms with E-state index in [9.17, 15) is 4.79 Å². The highest BCUT2D eigenvalue weighted by atomic mass is 32.2. The third-order valence-electron chi connectivity index (χ3n) is 2.99. The van der Waals surface area contributed by atoms with E-state index in [-0.39, 0.29) is 5.91 Å². The van der Waals surface area contributed by atoms with Crippen LogP contribution in [-0.4, -0.2) is 30.0 Å². The quantitative estimate of drug-likeness (QED) is 0.858. The smallest absolute Gasteiger partial charge is 0.238 e. The monoisotopic (exact) mass is 264 g/mol. The van der Waals surface area contributed by atoms with E-state index in [1.807, 2.05) is 42.1 Å². The molecule has 98 valence electrons. The van der Waals surface area contributed by atoms with Crippen LogP contribution < -0.4 is 10.6 Å². The van der Waals surface area contributed by atoms with Gasteiger partial charge in [0.25, 0.3) is 0 Å². The van der Waals surface area contributed by atoms with Gasteiger partial charge in [-0.05, 0) is 30.7 Å². The Morgan fingerprint density at radius 3 is 2.83 bits per heavy atom. The van der Waals surface area contributed by atoms with E-state index in [4.69, 9.17) is 0 Å². The normalized spacial score (nSPS) is 19.4. The van der Waals surface area contributed by atoms with Gasteiger partial charge in [0, 0.05) is 17.5 Å². The summed E-state index contributed by atoms with van der Waals surface area (Å²) in [4.78, 5) is 11.7. The molecule has 0 aromatic heterocycles. The molecule has 4 heteroatoms. The van der Waals surface area contributed by atoms with Crippen molar-refractivity contribution >= 4 is 23.4 Å². The fourth-order valence-electron chi connectivity index (χ4n) is 2.04. The number of carbonyl (C=O) groups is 1. The van der Waals surface area contributed by atoms with E-state index in [0.29, 0.717) is 11.8 Å². The Kier molecular flexibility index (Phi) is 5.55. The minimum Gasteiger partial charge on any atom is -0.325 e. The molecule has 3 nitrogen and oxygen atoms in total. The van der Waals surface area contributed by atoms with Crippen LogP contribution in [0.25, 0.3) is 0 Å². The third kappa shape index (κ3) is 4.70. The van der Waals surface area contributed by atoms with E-state index >= 15 is 0 Å². The van der Waals surface area contributed by atoms with E-state index < -0.39 is 0 Å². The van der Waals surface area contributed by atoms with E-state index in [1.165, 1.54) is 25.0 Å². The van der Waals surface area contributed by atoms with Crippen LogP contribution in [0.1, 0.15) is 19.3 Å². The zero-order chi connectivity index (χ0) is 12.6. The minimum atomic E-state index is 0.0296. The van der Waals surface area contributed by atoms with Crippen LogP contribution in [-0.2, 0) is 4.79 Å². The van der Waals surface area contributed by atoms with Gasteiger partial charge >= 0.3 is 0 Å². The molecule has 1 saturated heterocycles. The van der Waals surface area contributed by atoms with Crippen LogP contribution in [0.2, 0.25) is 0 Å². The predicted octanol–water partition coefficient (Wildman–Crippen LogP) is 2.50. The molecular formula is C14H20N2OS. The summed E-state index contributed by atoms with van der Waals surface area (Å²) in [6, 6.07) is 9.57. The maximum absolute atomic E-state index is 11.7. The largest absolute Gasteiger partial charge is 0.325 e. The first-order valence-electron chi connectivity index (χ1n) is 6.52. The highest BCUT2D eigenvalue weighted by Crippen LogP contribution is 2.24. The predicted molar refractivity (Wildman–Crippen MR) is 78.0 cm³/mol. The van der Waals surface area contributed by atoms with Crippen LogP contribution in [0, 0.1) is 0 Å². The molecule has 18 heavy (non-hydrogen) atoms. The molecule has 1 amide bonds. The molecule has 0 aliphatic carbocycles. The first-order chi connectivity index (χ1) is 8.84. The second kappa shape index (κ2) is 7.44. The van der Waals surface area contributed by atoms with Gasteiger partial charge in [-0.25, -0.2) is 0 Å². The average Bonchev–Trinajstić information content (AvgIpc) is 2.41. The molecule has 1 aliphatic heterocycles. The fraction of sp³-hybridized carbons (Fsp3) is 0.500. The fourth-order valence-corrected chi connectivity index (χ4v) is 3.31. The number of para-hydroxylation sites is 1. The number of amides is 1. The lowest BCUT2D eigenvalue weighted by atomic mass is 10.2. The summed E-state index contributed by atoms with van der Waals surface area (Å²) in [6.07, 6.45) is 3.95. The number of thioether (sulfide) groups is 1. The lowest BCUT2D eigenvalue weighted by Gasteiger charge is -2.21. The molecule has 1 aromatic carbocycles. The van der Waals surface area contributed by atoms with Crippen molar-refractivity contribution < 1.29 is 4.79 Å². The summed E-state index contributed by atoms with van der Waals surface area (Å²) in [5, 5.41) is 6.80. The van der Waals surface area contributed by atoms with Crippen LogP contribution in [0.5, 0.6) is 0 Å². The Hall–Kier alpha value is -1.00. The molecule has 2 N–H and O–H groups in total. The molecule has 1 fully saturated rings. The Labute approximate surface area is 113 Å². The summed E-state index contributed by atoms with van der Waals surface area (Å²) in [6.45, 7) is 1.33. The standard InChI is InChI=1S/C14H20N2OS/c17-14(16-12-6-2-1-3-7-12)11-15-10-13-8-4-5-9-18-13/h1-3,6-7,13,15H,4-5,8-11H2,(H,16,17). The van der Waals surface area contributed by atoms with E-state index in [2.05, 4.69) is 10.6 Å². The lowest BCUT2D eigenvalue weighted by molar-refractivity contribution is -0.115. The number of rotatable bonds is 5. The second-order valence-corrected chi connectivity index (χ2v) is 5.94. The number of carbonyl (C=O) groups excluding carboxylic acids is 1. The van der Waals surface area contributed by atoms with Crippen molar-refractivity contribution in [2.24, 2.45) is 0 Å². The molecule has 0 saturated carbocycles. The van der Waals surface area contributed by atoms with Gasteiger partial charge in [0.1, 0.15) is 0 Å². The average molecular weight is 264 g/mol. The SMILES string of the molecule is O=C(CNCC1CCCCS1)Nc1ccccc1. The van der Waals surface area contributed by atoms with Crippen molar-refractivity contribution in [2.45, 2.75) is 24.5 Å². The summed E-state index contributed by atoms with van der Waals surface area (Å²) in [7, 11) is 0. The first kappa shape index (κ1) is 13.4. The number of nitrogens with one attached hydrogen (secondary N) is 2. The van der Waals surface area contributed by atoms with Gasteiger partial charge in [-0.3, -0.25) is 4.79 Å². The van der Waals surface area contributed by atoms with Crippen LogP contribution in [0.15, 0.2) is 30.3 Å². The van der Waals surface area contributed by atoms with Crippen LogP contribution >= 0.6 is 11.8 Å². The first-order valence-corrected chi connectivity index (χ1v) is 7.57. The number of hydrogen-bond donors (Lipinski definition) is 2. The van der Waals surface area contributed by atoms with E-state index in [0.717, 1.165) is 12.2 Å². The summed E-state index contributed by atoms with van der Waals surface area (Å²) in [5.74, 6) is 1.30. The molecule has 0 radical (unpaired) electrons. The molecule has 0 bridgehead atoms. The van der Waals surface area contributed by atoms with Crippen molar-refractivity contribution in [3.8, 4) is 0 Å². The second-order valence-electron chi connectivity index (χ2n) is 4.53. The Morgan fingerprint density at radius 1 is 1.28 bits per heavy atom. The van der Waals surface area contributed by atoms with Crippen molar-refractivity contribution in [2.75, 3.05) is 24.2 Å². The Bertz CT molecular complexity index is 363. The molecule has 1 heterocycles.